The Morgan fingerprint density at radius 3 is 2.73 bits per heavy atom. The van der Waals surface area contributed by atoms with Gasteiger partial charge in [0.1, 0.15) is 12.1 Å². The van der Waals surface area contributed by atoms with Crippen LogP contribution in [0, 0.1) is 5.92 Å². The first-order chi connectivity index (χ1) is 12.6. The molecule has 1 aliphatic heterocycles. The fourth-order valence-corrected chi connectivity index (χ4v) is 3.51. The maximum Gasteiger partial charge on any atom is 0.407 e. The molecule has 1 atom stereocenters. The molecule has 2 heterocycles. The van der Waals surface area contributed by atoms with Gasteiger partial charge in [-0.1, -0.05) is 18.2 Å². The lowest BCUT2D eigenvalue weighted by Crippen LogP contribution is -2.48. The van der Waals surface area contributed by atoms with Gasteiger partial charge in [0.2, 0.25) is 0 Å². The number of rotatable bonds is 6. The van der Waals surface area contributed by atoms with E-state index in [9.17, 15) is 9.59 Å². The van der Waals surface area contributed by atoms with Crippen LogP contribution < -0.4 is 10.6 Å². The molecule has 1 unspecified atom stereocenters. The van der Waals surface area contributed by atoms with Gasteiger partial charge < -0.3 is 20.5 Å². The van der Waals surface area contributed by atoms with Gasteiger partial charge in [0, 0.05) is 31.1 Å². The molecule has 1 fully saturated rings. The monoisotopic (exact) mass is 356 g/mol. The topological polar surface area (TPSA) is 99.8 Å². The van der Waals surface area contributed by atoms with Gasteiger partial charge in [0.15, 0.2) is 0 Å². The third-order valence-corrected chi connectivity index (χ3v) is 5.05. The van der Waals surface area contributed by atoms with Crippen LogP contribution in [-0.2, 0) is 4.79 Å². The van der Waals surface area contributed by atoms with Crippen molar-refractivity contribution in [2.75, 3.05) is 31.1 Å². The third-order valence-electron chi connectivity index (χ3n) is 5.05. The van der Waals surface area contributed by atoms with Crippen molar-refractivity contribution in [3.05, 3.63) is 36.4 Å². The number of nitrogens with two attached hydrogens (primary N) is 1. The van der Waals surface area contributed by atoms with Crippen LogP contribution in [0.15, 0.2) is 36.4 Å². The maximum absolute atomic E-state index is 11.1. The standard InChI is InChI=1S/C19H24N4O3/c20-16(13-23(11-12-24)19(25)26)14-7-9-22(10-8-14)18-6-5-15-3-1-2-4-17(15)21-18/h1-6,12,14,16H,7-11,13,20H2,(H,25,26). The van der Waals surface area contributed by atoms with E-state index in [1.54, 1.807) is 0 Å². The molecular weight excluding hydrogens is 332 g/mol. The van der Waals surface area contributed by atoms with Gasteiger partial charge >= 0.3 is 6.09 Å². The summed E-state index contributed by atoms with van der Waals surface area (Å²) in [5.74, 6) is 1.20. The number of aldehydes is 1. The number of fused-ring (bicyclic) bond motifs is 1. The molecule has 1 amide bonds. The number of carbonyl (C=O) groups is 2. The van der Waals surface area contributed by atoms with Crippen molar-refractivity contribution in [1.29, 1.82) is 0 Å². The zero-order chi connectivity index (χ0) is 18.5. The number of hydrogen-bond acceptors (Lipinski definition) is 5. The summed E-state index contributed by atoms with van der Waals surface area (Å²) >= 11 is 0. The zero-order valence-electron chi connectivity index (χ0n) is 14.6. The molecule has 0 spiro atoms. The molecular formula is C19H24N4O3. The summed E-state index contributed by atoms with van der Waals surface area (Å²) in [5.41, 5.74) is 7.20. The predicted molar refractivity (Wildman–Crippen MR) is 100 cm³/mol. The second-order valence-electron chi connectivity index (χ2n) is 6.70. The Bertz CT molecular complexity index is 774. The SMILES string of the molecule is NC(CN(CC=O)C(=O)O)C1CCN(c2ccc3ccccc3n2)CC1. The molecule has 1 aromatic carbocycles. The van der Waals surface area contributed by atoms with E-state index in [0.29, 0.717) is 6.29 Å². The van der Waals surface area contributed by atoms with Gasteiger partial charge in [-0.2, -0.15) is 0 Å². The average molecular weight is 356 g/mol. The predicted octanol–water partition coefficient (Wildman–Crippen LogP) is 1.96. The van der Waals surface area contributed by atoms with Crippen molar-refractivity contribution < 1.29 is 14.7 Å². The number of anilines is 1. The Hall–Kier alpha value is -2.67. The molecule has 0 radical (unpaired) electrons. The number of piperidine rings is 1. The van der Waals surface area contributed by atoms with Crippen molar-refractivity contribution in [3.63, 3.8) is 0 Å². The van der Waals surface area contributed by atoms with E-state index in [0.717, 1.165) is 47.6 Å². The first kappa shape index (κ1) is 18.1. The first-order valence-electron chi connectivity index (χ1n) is 8.86. The molecule has 0 aliphatic carbocycles. The summed E-state index contributed by atoms with van der Waals surface area (Å²) in [5, 5.41) is 10.2. The van der Waals surface area contributed by atoms with E-state index in [-0.39, 0.29) is 25.0 Å². The maximum atomic E-state index is 11.1. The largest absolute Gasteiger partial charge is 0.465 e. The normalized spacial score (nSPS) is 16.4. The summed E-state index contributed by atoms with van der Waals surface area (Å²) in [4.78, 5) is 29.8. The Morgan fingerprint density at radius 1 is 1.31 bits per heavy atom. The number of amides is 1. The van der Waals surface area contributed by atoms with Crippen molar-refractivity contribution in [1.82, 2.24) is 9.88 Å². The van der Waals surface area contributed by atoms with Crippen LogP contribution in [0.2, 0.25) is 0 Å². The number of carboxylic acid groups (broad SMARTS) is 1. The molecule has 1 aromatic heterocycles. The smallest absolute Gasteiger partial charge is 0.407 e. The summed E-state index contributed by atoms with van der Waals surface area (Å²) in [6.07, 6.45) is 1.24. The highest BCUT2D eigenvalue weighted by Crippen LogP contribution is 2.25. The van der Waals surface area contributed by atoms with Crippen LogP contribution in [0.1, 0.15) is 12.8 Å². The molecule has 7 nitrogen and oxygen atoms in total. The van der Waals surface area contributed by atoms with Crippen molar-refractivity contribution in [2.45, 2.75) is 18.9 Å². The molecule has 1 aliphatic rings. The highest BCUT2D eigenvalue weighted by Gasteiger charge is 2.27. The van der Waals surface area contributed by atoms with Crippen LogP contribution in [0.5, 0.6) is 0 Å². The number of carbonyl (C=O) groups excluding carboxylic acids is 1. The number of benzene rings is 1. The second kappa shape index (κ2) is 8.14. The number of para-hydroxylation sites is 1. The highest BCUT2D eigenvalue weighted by molar-refractivity contribution is 5.80. The van der Waals surface area contributed by atoms with E-state index < -0.39 is 6.09 Å². The fraction of sp³-hybridized carbons (Fsp3) is 0.421. The van der Waals surface area contributed by atoms with Crippen molar-refractivity contribution in [3.8, 4) is 0 Å². The molecule has 3 rings (SSSR count). The third kappa shape index (κ3) is 4.11. The minimum Gasteiger partial charge on any atom is -0.465 e. The summed E-state index contributed by atoms with van der Waals surface area (Å²) in [6.45, 7) is 1.73. The van der Waals surface area contributed by atoms with Crippen LogP contribution in [-0.4, -0.2) is 59.6 Å². The lowest BCUT2D eigenvalue weighted by Gasteiger charge is -2.36. The average Bonchev–Trinajstić information content (AvgIpc) is 2.67. The summed E-state index contributed by atoms with van der Waals surface area (Å²) in [7, 11) is 0. The zero-order valence-corrected chi connectivity index (χ0v) is 14.6. The van der Waals surface area contributed by atoms with Crippen LogP contribution in [0.25, 0.3) is 10.9 Å². The van der Waals surface area contributed by atoms with E-state index >= 15 is 0 Å². The lowest BCUT2D eigenvalue weighted by atomic mass is 9.89. The van der Waals surface area contributed by atoms with Gasteiger partial charge in [0.05, 0.1) is 12.1 Å². The summed E-state index contributed by atoms with van der Waals surface area (Å²) in [6, 6.07) is 11.9. The van der Waals surface area contributed by atoms with Crippen molar-refractivity contribution >= 4 is 29.1 Å². The minimum absolute atomic E-state index is 0.136. The van der Waals surface area contributed by atoms with Gasteiger partial charge in [0.25, 0.3) is 0 Å². The van der Waals surface area contributed by atoms with E-state index in [4.69, 9.17) is 15.8 Å². The van der Waals surface area contributed by atoms with Crippen LogP contribution >= 0.6 is 0 Å². The van der Waals surface area contributed by atoms with Gasteiger partial charge in [-0.25, -0.2) is 9.78 Å². The summed E-state index contributed by atoms with van der Waals surface area (Å²) < 4.78 is 0. The Kier molecular flexibility index (Phi) is 5.68. The number of aromatic nitrogens is 1. The fourth-order valence-electron chi connectivity index (χ4n) is 3.51. The van der Waals surface area contributed by atoms with E-state index in [1.165, 1.54) is 0 Å². The van der Waals surface area contributed by atoms with Crippen LogP contribution in [0.3, 0.4) is 0 Å². The van der Waals surface area contributed by atoms with Crippen LogP contribution in [0.4, 0.5) is 10.6 Å². The number of hydrogen-bond donors (Lipinski definition) is 2. The number of pyridine rings is 1. The molecule has 2 aromatic rings. The van der Waals surface area contributed by atoms with Crippen molar-refractivity contribution in [2.24, 2.45) is 11.7 Å². The molecule has 0 saturated carbocycles. The molecule has 26 heavy (non-hydrogen) atoms. The molecule has 0 bridgehead atoms. The molecule has 1 saturated heterocycles. The lowest BCUT2D eigenvalue weighted by molar-refractivity contribution is -0.108. The minimum atomic E-state index is -1.11. The first-order valence-corrected chi connectivity index (χ1v) is 8.86. The molecule has 138 valence electrons. The quantitative estimate of drug-likeness (QED) is 0.768. The Labute approximate surface area is 152 Å². The van der Waals surface area contributed by atoms with Gasteiger partial charge in [-0.3, -0.25) is 4.90 Å². The Morgan fingerprint density at radius 2 is 2.04 bits per heavy atom. The second-order valence-corrected chi connectivity index (χ2v) is 6.70. The van der Waals surface area contributed by atoms with E-state index in [2.05, 4.69) is 11.0 Å². The Balaban J connectivity index is 1.59. The highest BCUT2D eigenvalue weighted by atomic mass is 16.4. The van der Waals surface area contributed by atoms with Gasteiger partial charge in [-0.05, 0) is 37.0 Å². The van der Waals surface area contributed by atoms with Gasteiger partial charge in [-0.15, -0.1) is 0 Å². The van der Waals surface area contributed by atoms with E-state index in [1.807, 2.05) is 30.3 Å². The molecule has 3 N–H and O–H groups in total. The number of nitrogens with zero attached hydrogens (tertiary/aromatic N) is 3. The molecule has 7 heteroatoms.